The second-order valence-corrected chi connectivity index (χ2v) is 11.0. The summed E-state index contributed by atoms with van der Waals surface area (Å²) in [5, 5.41) is 0. The van der Waals surface area contributed by atoms with Crippen molar-refractivity contribution in [3.63, 3.8) is 0 Å². The van der Waals surface area contributed by atoms with Crippen LogP contribution in [0.3, 0.4) is 0 Å². The number of ether oxygens (including phenoxy) is 4. The van der Waals surface area contributed by atoms with Gasteiger partial charge in [0.2, 0.25) is 0 Å². The fourth-order valence-corrected chi connectivity index (χ4v) is 6.98. The molecule has 2 saturated carbocycles. The molecule has 7 nitrogen and oxygen atoms in total. The molecule has 1 spiro atoms. The van der Waals surface area contributed by atoms with E-state index in [0.717, 1.165) is 37.7 Å². The Kier molecular flexibility index (Phi) is 6.71. The van der Waals surface area contributed by atoms with E-state index in [4.69, 9.17) is 18.9 Å². The molecule has 4 aliphatic rings. The fraction of sp³-hybridized carbons (Fsp3) is 0.741. The van der Waals surface area contributed by atoms with Gasteiger partial charge in [-0.05, 0) is 68.8 Å². The second-order valence-electron chi connectivity index (χ2n) is 11.0. The van der Waals surface area contributed by atoms with Gasteiger partial charge in [-0.2, -0.15) is 0 Å². The molecular formula is C27H38O7. The van der Waals surface area contributed by atoms with E-state index in [1.807, 2.05) is 6.92 Å². The second kappa shape index (κ2) is 9.14. The molecule has 0 radical (unpaired) electrons. The smallest absolute Gasteiger partial charge is 0.333 e. The summed E-state index contributed by atoms with van der Waals surface area (Å²) in [7, 11) is 0. The molecule has 0 N–H and O–H groups in total. The zero-order chi connectivity index (χ0) is 24.7. The minimum absolute atomic E-state index is 0.107. The minimum Gasteiger partial charge on any atom is -0.462 e. The van der Waals surface area contributed by atoms with Crippen LogP contribution in [0.25, 0.3) is 0 Å². The summed E-state index contributed by atoms with van der Waals surface area (Å²) in [6.07, 6.45) is 8.18. The Morgan fingerprint density at radius 2 is 2.03 bits per heavy atom. The van der Waals surface area contributed by atoms with E-state index in [2.05, 4.69) is 13.8 Å². The molecule has 6 atom stereocenters. The van der Waals surface area contributed by atoms with Gasteiger partial charge in [-0.1, -0.05) is 26.3 Å². The van der Waals surface area contributed by atoms with Crippen LogP contribution >= 0.6 is 0 Å². The summed E-state index contributed by atoms with van der Waals surface area (Å²) in [6, 6.07) is 0. The van der Waals surface area contributed by atoms with Gasteiger partial charge in [-0.25, -0.2) is 9.59 Å². The van der Waals surface area contributed by atoms with Crippen molar-refractivity contribution in [2.75, 3.05) is 19.8 Å². The molecule has 7 heteroatoms. The number of hydrogen-bond donors (Lipinski definition) is 0. The maximum atomic E-state index is 12.7. The maximum Gasteiger partial charge on any atom is 0.333 e. The molecule has 188 valence electrons. The van der Waals surface area contributed by atoms with E-state index in [-0.39, 0.29) is 47.9 Å². The molecule has 0 aromatic heterocycles. The van der Waals surface area contributed by atoms with E-state index in [1.165, 1.54) is 6.92 Å². The van der Waals surface area contributed by atoms with Crippen molar-refractivity contribution >= 4 is 17.9 Å². The zero-order valence-corrected chi connectivity index (χ0v) is 21.1. The molecule has 0 aromatic rings. The number of esters is 3. The highest BCUT2D eigenvalue weighted by Gasteiger charge is 2.74. The lowest BCUT2D eigenvalue weighted by Gasteiger charge is -2.63. The lowest BCUT2D eigenvalue weighted by atomic mass is 9.43. The van der Waals surface area contributed by atoms with Gasteiger partial charge in [-0.15, -0.1) is 0 Å². The van der Waals surface area contributed by atoms with Gasteiger partial charge in [-0.3, -0.25) is 4.79 Å². The first-order valence-corrected chi connectivity index (χ1v) is 12.6. The van der Waals surface area contributed by atoms with Crippen molar-refractivity contribution in [2.24, 2.45) is 22.7 Å². The van der Waals surface area contributed by atoms with Crippen molar-refractivity contribution in [3.05, 3.63) is 23.3 Å². The normalized spacial score (nSPS) is 39.2. The highest BCUT2D eigenvalue weighted by molar-refractivity contribution is 5.87. The Hall–Kier alpha value is -2.15. The molecule has 0 amide bonds. The molecule has 2 aliphatic carbocycles. The van der Waals surface area contributed by atoms with Crippen molar-refractivity contribution in [3.8, 4) is 0 Å². The molecular weight excluding hydrogens is 436 g/mol. The van der Waals surface area contributed by atoms with Crippen LogP contribution in [0.1, 0.15) is 73.1 Å². The van der Waals surface area contributed by atoms with Gasteiger partial charge in [0, 0.05) is 18.6 Å². The Balaban J connectivity index is 1.71. The first-order chi connectivity index (χ1) is 16.1. The summed E-state index contributed by atoms with van der Waals surface area (Å²) in [5.74, 6) is -0.513. The SMILES string of the molecule is C/C=C(\C)C(=O)OC[C@]12[C@H](OC(C)=O)C[C@H](C)[C@@](C)(CCC3=CC(=O)OC3)[C@@H]1CCC[C@@]21CO1. The van der Waals surface area contributed by atoms with Crippen LogP contribution in [0, 0.1) is 22.7 Å². The number of carbonyl (C=O) groups is 3. The third-order valence-electron chi connectivity index (χ3n) is 9.31. The van der Waals surface area contributed by atoms with Crippen LogP contribution in [0.4, 0.5) is 0 Å². The summed E-state index contributed by atoms with van der Waals surface area (Å²) in [5.41, 5.74) is 0.438. The van der Waals surface area contributed by atoms with Gasteiger partial charge >= 0.3 is 17.9 Å². The van der Waals surface area contributed by atoms with Crippen LogP contribution in [-0.4, -0.2) is 49.4 Å². The highest BCUT2D eigenvalue weighted by Crippen LogP contribution is 2.69. The molecule has 1 saturated heterocycles. The molecule has 0 aromatic carbocycles. The Morgan fingerprint density at radius 3 is 2.62 bits per heavy atom. The standard InChI is InChI=1S/C27H38O7/c1-6-17(2)24(30)32-16-27-21(8-7-10-26(27)15-33-26)25(5,11-9-20-13-23(29)31-14-20)18(3)12-22(27)34-19(4)28/h6,13,18,21-22H,7-12,14-16H2,1-5H3/b17-6+/t18-,21-,22+,25+,26+,27+/m0/s1. The Labute approximate surface area is 202 Å². The van der Waals surface area contributed by atoms with Crippen LogP contribution in [0.2, 0.25) is 0 Å². The number of carbonyl (C=O) groups excluding carboxylic acids is 3. The van der Waals surface area contributed by atoms with Gasteiger partial charge in [0.1, 0.15) is 24.9 Å². The molecule has 0 bridgehead atoms. The van der Waals surface area contributed by atoms with E-state index in [1.54, 1.807) is 19.1 Å². The average molecular weight is 475 g/mol. The van der Waals surface area contributed by atoms with Crippen molar-refractivity contribution in [1.82, 2.24) is 0 Å². The van der Waals surface area contributed by atoms with E-state index >= 15 is 0 Å². The zero-order valence-electron chi connectivity index (χ0n) is 21.1. The van der Waals surface area contributed by atoms with E-state index in [9.17, 15) is 14.4 Å². The number of hydrogen-bond acceptors (Lipinski definition) is 7. The van der Waals surface area contributed by atoms with Gasteiger partial charge < -0.3 is 18.9 Å². The quantitative estimate of drug-likeness (QED) is 0.235. The number of fused-ring (bicyclic) bond motifs is 2. The molecule has 0 unspecified atom stereocenters. The van der Waals surface area contributed by atoms with E-state index < -0.39 is 11.0 Å². The maximum absolute atomic E-state index is 12.7. The number of epoxide rings is 1. The summed E-state index contributed by atoms with van der Waals surface area (Å²) in [4.78, 5) is 36.5. The average Bonchev–Trinajstić information content (AvgIpc) is 3.45. The first kappa shape index (κ1) is 25.0. The molecule has 4 rings (SSSR count). The van der Waals surface area contributed by atoms with Crippen molar-refractivity contribution in [1.29, 1.82) is 0 Å². The van der Waals surface area contributed by atoms with Gasteiger partial charge in [0.15, 0.2) is 0 Å². The van der Waals surface area contributed by atoms with Crippen molar-refractivity contribution < 1.29 is 33.3 Å². The predicted octanol–water partition coefficient (Wildman–Crippen LogP) is 4.29. The first-order valence-electron chi connectivity index (χ1n) is 12.6. The minimum atomic E-state index is -0.599. The van der Waals surface area contributed by atoms with Crippen LogP contribution in [-0.2, 0) is 33.3 Å². The third kappa shape index (κ3) is 4.10. The van der Waals surface area contributed by atoms with Crippen molar-refractivity contribution in [2.45, 2.75) is 84.8 Å². The predicted molar refractivity (Wildman–Crippen MR) is 125 cm³/mol. The molecule has 2 aliphatic heterocycles. The third-order valence-corrected chi connectivity index (χ3v) is 9.31. The van der Waals surface area contributed by atoms with Crippen LogP contribution in [0.5, 0.6) is 0 Å². The highest BCUT2D eigenvalue weighted by atomic mass is 16.6. The molecule has 3 fully saturated rings. The van der Waals surface area contributed by atoms with Gasteiger partial charge in [0.25, 0.3) is 0 Å². The molecule has 34 heavy (non-hydrogen) atoms. The molecule has 2 heterocycles. The summed E-state index contributed by atoms with van der Waals surface area (Å²) < 4.78 is 23.3. The Morgan fingerprint density at radius 1 is 1.29 bits per heavy atom. The summed E-state index contributed by atoms with van der Waals surface area (Å²) in [6.45, 7) is 10.7. The van der Waals surface area contributed by atoms with E-state index in [0.29, 0.717) is 25.2 Å². The Bertz CT molecular complexity index is 914. The summed E-state index contributed by atoms with van der Waals surface area (Å²) >= 11 is 0. The monoisotopic (exact) mass is 474 g/mol. The fourth-order valence-electron chi connectivity index (χ4n) is 6.98. The van der Waals surface area contributed by atoms with Gasteiger partial charge in [0.05, 0.1) is 12.0 Å². The lowest BCUT2D eigenvalue weighted by molar-refractivity contribution is -0.228. The largest absolute Gasteiger partial charge is 0.462 e. The van der Waals surface area contributed by atoms with Crippen LogP contribution in [0.15, 0.2) is 23.3 Å². The lowest BCUT2D eigenvalue weighted by Crippen LogP contribution is -2.67. The number of rotatable bonds is 7. The topological polar surface area (TPSA) is 91.4 Å². The van der Waals surface area contributed by atoms with Crippen LogP contribution < -0.4 is 0 Å². The number of cyclic esters (lactones) is 1. The number of allylic oxidation sites excluding steroid dienone is 1.